The molecule has 3 rings (SSSR count). The molecule has 5 nitrogen and oxygen atoms in total. The third kappa shape index (κ3) is 2.60. The van der Waals surface area contributed by atoms with E-state index in [1.807, 2.05) is 0 Å². The van der Waals surface area contributed by atoms with Gasteiger partial charge in [-0.2, -0.15) is 0 Å². The summed E-state index contributed by atoms with van der Waals surface area (Å²) in [6, 6.07) is 0.161. The number of piperidine rings is 1. The minimum atomic E-state index is -0.240. The third-order valence-electron chi connectivity index (χ3n) is 4.28. The molecule has 1 fully saturated rings. The van der Waals surface area contributed by atoms with Gasteiger partial charge in [0.15, 0.2) is 0 Å². The molecule has 0 aliphatic carbocycles. The topological polar surface area (TPSA) is 72.1 Å². The normalized spacial score (nSPS) is 19.1. The molecule has 0 spiro atoms. The summed E-state index contributed by atoms with van der Waals surface area (Å²) in [6.45, 7) is 5.16. The number of carbonyl (C=O) groups excluding carboxylic acids is 1. The van der Waals surface area contributed by atoms with Crippen molar-refractivity contribution < 1.29 is 4.79 Å². The fraction of sp³-hybridized carbons (Fsp3) is 0.533. The molecule has 1 amide bonds. The molecule has 0 aromatic carbocycles. The van der Waals surface area contributed by atoms with Crippen molar-refractivity contribution in [1.29, 1.82) is 0 Å². The van der Waals surface area contributed by atoms with Gasteiger partial charge in [0, 0.05) is 23.9 Å². The van der Waals surface area contributed by atoms with Crippen LogP contribution in [-0.4, -0.2) is 28.5 Å². The average molecular weight is 304 g/mol. The quantitative estimate of drug-likeness (QED) is 0.946. The zero-order valence-electron chi connectivity index (χ0n) is 12.4. The molecule has 21 heavy (non-hydrogen) atoms. The Labute approximate surface area is 128 Å². The number of nitrogens with two attached hydrogens (primary N) is 1. The number of hydrogen-bond acceptors (Lipinski definition) is 5. The van der Waals surface area contributed by atoms with Crippen molar-refractivity contribution in [2.45, 2.75) is 45.6 Å². The summed E-state index contributed by atoms with van der Waals surface area (Å²) in [4.78, 5) is 24.8. The molecule has 0 saturated carbocycles. The van der Waals surface area contributed by atoms with Gasteiger partial charge in [-0.1, -0.05) is 0 Å². The number of nitrogens with zero attached hydrogens (tertiary/aromatic N) is 3. The molecular weight excluding hydrogens is 284 g/mol. The molecule has 0 radical (unpaired) electrons. The molecule has 2 aromatic rings. The minimum Gasteiger partial charge on any atom is -0.370 e. The first-order valence-corrected chi connectivity index (χ1v) is 8.15. The number of primary amides is 1. The Hall–Kier alpha value is -1.69. The maximum atomic E-state index is 11.3. The summed E-state index contributed by atoms with van der Waals surface area (Å²) in [6.07, 6.45) is 5.29. The van der Waals surface area contributed by atoms with Gasteiger partial charge >= 0.3 is 0 Å². The van der Waals surface area contributed by atoms with Crippen LogP contribution in [0.5, 0.6) is 0 Å². The number of aromatic nitrogens is 2. The lowest BCUT2D eigenvalue weighted by atomic mass is 9.98. The summed E-state index contributed by atoms with van der Waals surface area (Å²) in [5.41, 5.74) is 6.66. The lowest BCUT2D eigenvalue weighted by Gasteiger charge is -2.36. The zero-order valence-corrected chi connectivity index (χ0v) is 13.2. The van der Waals surface area contributed by atoms with Crippen LogP contribution in [-0.2, 0) is 4.79 Å². The second-order valence-corrected chi connectivity index (χ2v) is 6.88. The van der Waals surface area contributed by atoms with Crippen molar-refractivity contribution in [3.63, 3.8) is 0 Å². The monoisotopic (exact) mass is 304 g/mol. The Kier molecular flexibility index (Phi) is 3.80. The van der Waals surface area contributed by atoms with E-state index in [4.69, 9.17) is 5.73 Å². The zero-order chi connectivity index (χ0) is 15.0. The van der Waals surface area contributed by atoms with Crippen LogP contribution in [0.3, 0.4) is 0 Å². The highest BCUT2D eigenvalue weighted by atomic mass is 32.1. The summed E-state index contributed by atoms with van der Waals surface area (Å²) in [5, 5.41) is 1.14. The summed E-state index contributed by atoms with van der Waals surface area (Å²) in [5.74, 6) is 0.725. The van der Waals surface area contributed by atoms with E-state index in [2.05, 4.69) is 28.7 Å². The van der Waals surface area contributed by atoms with Crippen molar-refractivity contribution >= 4 is 33.3 Å². The van der Waals surface area contributed by atoms with E-state index >= 15 is 0 Å². The first-order valence-electron chi connectivity index (χ1n) is 7.33. The lowest BCUT2D eigenvalue weighted by Crippen LogP contribution is -2.42. The van der Waals surface area contributed by atoms with Gasteiger partial charge in [0.2, 0.25) is 5.91 Å². The Morgan fingerprint density at radius 1 is 1.43 bits per heavy atom. The van der Waals surface area contributed by atoms with Crippen molar-refractivity contribution in [2.75, 3.05) is 11.4 Å². The number of hydrogen-bond donors (Lipinski definition) is 1. The van der Waals surface area contributed by atoms with Gasteiger partial charge in [-0.3, -0.25) is 4.79 Å². The third-order valence-corrected chi connectivity index (χ3v) is 5.40. The Bertz CT molecular complexity index is 682. The predicted octanol–water partition coefficient (Wildman–Crippen LogP) is 2.54. The van der Waals surface area contributed by atoms with Crippen molar-refractivity contribution in [3.8, 4) is 0 Å². The van der Waals surface area contributed by atoms with Gasteiger partial charge in [0.25, 0.3) is 0 Å². The van der Waals surface area contributed by atoms with Gasteiger partial charge in [-0.05, 0) is 38.7 Å². The van der Waals surface area contributed by atoms with E-state index in [1.54, 1.807) is 17.7 Å². The molecule has 3 heterocycles. The molecule has 112 valence electrons. The predicted molar refractivity (Wildman–Crippen MR) is 85.7 cm³/mol. The van der Waals surface area contributed by atoms with Crippen LogP contribution >= 0.6 is 11.3 Å². The van der Waals surface area contributed by atoms with Crippen molar-refractivity contribution in [3.05, 3.63) is 16.8 Å². The van der Waals surface area contributed by atoms with E-state index in [9.17, 15) is 4.79 Å². The minimum absolute atomic E-state index is 0.161. The van der Waals surface area contributed by atoms with Crippen LogP contribution in [0, 0.1) is 13.8 Å². The summed E-state index contributed by atoms with van der Waals surface area (Å²) < 4.78 is 0. The smallest absolute Gasteiger partial charge is 0.219 e. The van der Waals surface area contributed by atoms with E-state index in [1.165, 1.54) is 10.4 Å². The van der Waals surface area contributed by atoms with Gasteiger partial charge in [-0.15, -0.1) is 11.3 Å². The number of rotatable bonds is 3. The highest BCUT2D eigenvalue weighted by Gasteiger charge is 2.27. The largest absolute Gasteiger partial charge is 0.370 e. The van der Waals surface area contributed by atoms with Crippen LogP contribution in [0.25, 0.3) is 10.2 Å². The van der Waals surface area contributed by atoms with Gasteiger partial charge in [0.1, 0.15) is 17.0 Å². The Morgan fingerprint density at radius 2 is 2.24 bits per heavy atom. The number of carbonyl (C=O) groups is 1. The van der Waals surface area contributed by atoms with Crippen LogP contribution in [0.1, 0.15) is 36.1 Å². The molecule has 1 saturated heterocycles. The maximum Gasteiger partial charge on any atom is 0.219 e. The molecule has 0 bridgehead atoms. The molecule has 2 N–H and O–H groups in total. The van der Waals surface area contributed by atoms with E-state index in [0.29, 0.717) is 6.42 Å². The lowest BCUT2D eigenvalue weighted by molar-refractivity contribution is -0.118. The first-order chi connectivity index (χ1) is 10.1. The number of fused-ring (bicyclic) bond motifs is 1. The number of aryl methyl sites for hydroxylation is 2. The first kappa shape index (κ1) is 14.3. The average Bonchev–Trinajstić information content (AvgIpc) is 2.74. The summed E-state index contributed by atoms with van der Waals surface area (Å²) >= 11 is 1.70. The van der Waals surface area contributed by atoms with Crippen molar-refractivity contribution in [1.82, 2.24) is 9.97 Å². The summed E-state index contributed by atoms with van der Waals surface area (Å²) in [7, 11) is 0. The molecule has 1 aliphatic heterocycles. The van der Waals surface area contributed by atoms with Crippen molar-refractivity contribution in [2.24, 2.45) is 5.73 Å². The highest BCUT2D eigenvalue weighted by Crippen LogP contribution is 2.36. The Morgan fingerprint density at radius 3 is 3.00 bits per heavy atom. The Balaban J connectivity index is 2.07. The number of thiophene rings is 1. The fourth-order valence-electron chi connectivity index (χ4n) is 3.11. The van der Waals surface area contributed by atoms with E-state index in [-0.39, 0.29) is 11.9 Å². The van der Waals surface area contributed by atoms with Gasteiger partial charge in [0.05, 0.1) is 5.39 Å². The molecule has 1 atom stereocenters. The molecule has 6 heteroatoms. The second-order valence-electron chi connectivity index (χ2n) is 5.67. The SMILES string of the molecule is Cc1sc2ncnc(N3CCCC[C@@H]3CC(N)=O)c2c1C. The molecule has 2 aromatic heterocycles. The maximum absolute atomic E-state index is 11.3. The second kappa shape index (κ2) is 5.60. The molecule has 1 aliphatic rings. The van der Waals surface area contributed by atoms with Crippen LogP contribution in [0.4, 0.5) is 5.82 Å². The molecular formula is C15H20N4OS. The van der Waals surface area contributed by atoms with Crippen LogP contribution in [0.15, 0.2) is 6.33 Å². The number of amides is 1. The van der Waals surface area contributed by atoms with Gasteiger partial charge in [-0.25, -0.2) is 9.97 Å². The van der Waals surface area contributed by atoms with Crippen LogP contribution < -0.4 is 10.6 Å². The highest BCUT2D eigenvalue weighted by molar-refractivity contribution is 7.18. The van der Waals surface area contributed by atoms with Gasteiger partial charge < -0.3 is 10.6 Å². The fourth-order valence-corrected chi connectivity index (χ4v) is 4.10. The number of anilines is 1. The standard InChI is InChI=1S/C15H20N4OS/c1-9-10(2)21-15-13(9)14(17-8-18-15)19-6-4-3-5-11(19)7-12(16)20/h8,11H,3-7H2,1-2H3,(H2,16,20)/t11-/m1/s1. The molecule has 0 unspecified atom stereocenters. The van der Waals surface area contributed by atoms with Crippen LogP contribution in [0.2, 0.25) is 0 Å². The van der Waals surface area contributed by atoms with E-state index < -0.39 is 0 Å². The van der Waals surface area contributed by atoms with E-state index in [0.717, 1.165) is 41.8 Å².